The summed E-state index contributed by atoms with van der Waals surface area (Å²) in [4.78, 5) is 0. The van der Waals surface area contributed by atoms with Crippen LogP contribution in [0.4, 0.5) is 0 Å². The van der Waals surface area contributed by atoms with Gasteiger partial charge in [-0.05, 0) is 32.3 Å². The zero-order valence-corrected chi connectivity index (χ0v) is 12.3. The van der Waals surface area contributed by atoms with Crippen molar-refractivity contribution >= 4 is 0 Å². The largest absolute Gasteiger partial charge is 0.490 e. The van der Waals surface area contributed by atoms with Crippen LogP contribution >= 0.6 is 0 Å². The van der Waals surface area contributed by atoms with E-state index >= 15 is 0 Å². The molecule has 4 heteroatoms. The van der Waals surface area contributed by atoms with E-state index in [9.17, 15) is 0 Å². The summed E-state index contributed by atoms with van der Waals surface area (Å²) in [6.45, 7) is 5.43. The van der Waals surface area contributed by atoms with E-state index in [1.807, 2.05) is 12.1 Å². The first-order valence-corrected chi connectivity index (χ1v) is 7.59. The average Bonchev–Trinajstić information content (AvgIpc) is 3.14. The molecule has 4 nitrogen and oxygen atoms in total. The molecule has 0 bridgehead atoms. The van der Waals surface area contributed by atoms with Gasteiger partial charge in [0.2, 0.25) is 6.79 Å². The standard InChI is InChI=1S/C16H23NO3/c1-3-4-11(2)20-14-8-16-15(18-10-19-16)7-12(14)9-17-13-5-6-13/h7-8,11,13,17H,3-6,9-10H2,1-2H3. The van der Waals surface area contributed by atoms with Gasteiger partial charge in [0.15, 0.2) is 11.5 Å². The molecule has 0 radical (unpaired) electrons. The Morgan fingerprint density at radius 1 is 1.30 bits per heavy atom. The van der Waals surface area contributed by atoms with Gasteiger partial charge in [-0.25, -0.2) is 0 Å². The van der Waals surface area contributed by atoms with Gasteiger partial charge in [0, 0.05) is 24.2 Å². The minimum Gasteiger partial charge on any atom is -0.490 e. The topological polar surface area (TPSA) is 39.7 Å². The number of hydrogen-bond acceptors (Lipinski definition) is 4. The molecule has 1 aromatic carbocycles. The number of rotatable bonds is 7. The summed E-state index contributed by atoms with van der Waals surface area (Å²) in [5, 5.41) is 3.53. The van der Waals surface area contributed by atoms with Crippen molar-refractivity contribution in [3.05, 3.63) is 17.7 Å². The highest BCUT2D eigenvalue weighted by Gasteiger charge is 2.23. The van der Waals surface area contributed by atoms with Crippen LogP contribution in [0.3, 0.4) is 0 Å². The third-order valence-electron chi connectivity index (χ3n) is 3.74. The predicted octanol–water partition coefficient (Wildman–Crippen LogP) is 3.23. The lowest BCUT2D eigenvalue weighted by atomic mass is 10.1. The lowest BCUT2D eigenvalue weighted by molar-refractivity contribution is 0.173. The molecule has 2 aliphatic rings. The van der Waals surface area contributed by atoms with Gasteiger partial charge in [-0.3, -0.25) is 0 Å². The summed E-state index contributed by atoms with van der Waals surface area (Å²) >= 11 is 0. The van der Waals surface area contributed by atoms with E-state index in [2.05, 4.69) is 19.2 Å². The Labute approximate surface area is 120 Å². The fourth-order valence-corrected chi connectivity index (χ4v) is 2.44. The lowest BCUT2D eigenvalue weighted by Crippen LogP contribution is -2.18. The van der Waals surface area contributed by atoms with Gasteiger partial charge in [-0.1, -0.05) is 13.3 Å². The fourth-order valence-electron chi connectivity index (χ4n) is 2.44. The second-order valence-corrected chi connectivity index (χ2v) is 5.69. The maximum Gasteiger partial charge on any atom is 0.231 e. The van der Waals surface area contributed by atoms with Crippen LogP contribution in [0.1, 0.15) is 45.1 Å². The van der Waals surface area contributed by atoms with Crippen molar-refractivity contribution in [2.24, 2.45) is 0 Å². The van der Waals surface area contributed by atoms with Crippen molar-refractivity contribution in [2.75, 3.05) is 6.79 Å². The van der Waals surface area contributed by atoms with Gasteiger partial charge < -0.3 is 19.5 Å². The minimum absolute atomic E-state index is 0.222. The first-order chi connectivity index (χ1) is 9.76. The summed E-state index contributed by atoms with van der Waals surface area (Å²) in [6, 6.07) is 4.70. The monoisotopic (exact) mass is 277 g/mol. The van der Waals surface area contributed by atoms with Crippen molar-refractivity contribution in [3.63, 3.8) is 0 Å². The van der Waals surface area contributed by atoms with E-state index in [1.165, 1.54) is 12.8 Å². The molecule has 0 spiro atoms. The fraction of sp³-hybridized carbons (Fsp3) is 0.625. The van der Waals surface area contributed by atoms with Crippen LogP contribution in [0.2, 0.25) is 0 Å². The molecule has 20 heavy (non-hydrogen) atoms. The molecule has 1 heterocycles. The first-order valence-electron chi connectivity index (χ1n) is 7.59. The molecule has 1 fully saturated rings. The van der Waals surface area contributed by atoms with Gasteiger partial charge in [0.05, 0.1) is 6.10 Å². The van der Waals surface area contributed by atoms with Gasteiger partial charge in [-0.2, -0.15) is 0 Å². The maximum absolute atomic E-state index is 6.09. The Balaban J connectivity index is 1.76. The zero-order valence-electron chi connectivity index (χ0n) is 12.3. The Bertz CT molecular complexity index is 471. The van der Waals surface area contributed by atoms with E-state index in [4.69, 9.17) is 14.2 Å². The van der Waals surface area contributed by atoms with E-state index in [0.29, 0.717) is 12.8 Å². The van der Waals surface area contributed by atoms with Gasteiger partial charge in [0.25, 0.3) is 0 Å². The Hall–Kier alpha value is -1.42. The third-order valence-corrected chi connectivity index (χ3v) is 3.74. The highest BCUT2D eigenvalue weighted by Crippen LogP contribution is 2.39. The molecular formula is C16H23NO3. The summed E-state index contributed by atoms with van der Waals surface area (Å²) in [5.41, 5.74) is 1.16. The molecule has 0 amide bonds. The van der Waals surface area contributed by atoms with Crippen molar-refractivity contribution < 1.29 is 14.2 Å². The average molecular weight is 277 g/mol. The number of benzene rings is 1. The molecular weight excluding hydrogens is 254 g/mol. The third kappa shape index (κ3) is 3.18. The van der Waals surface area contributed by atoms with Crippen molar-refractivity contribution in [3.8, 4) is 17.2 Å². The van der Waals surface area contributed by atoms with Crippen LogP contribution in [-0.2, 0) is 6.54 Å². The Kier molecular flexibility index (Phi) is 4.01. The van der Waals surface area contributed by atoms with Crippen molar-refractivity contribution in [1.82, 2.24) is 5.32 Å². The summed E-state index contributed by atoms with van der Waals surface area (Å²) < 4.78 is 17.0. The first kappa shape index (κ1) is 13.6. The molecule has 110 valence electrons. The molecule has 1 aliphatic carbocycles. The van der Waals surface area contributed by atoms with E-state index < -0.39 is 0 Å². The normalized spacial score (nSPS) is 18.1. The highest BCUT2D eigenvalue weighted by atomic mass is 16.7. The van der Waals surface area contributed by atoms with Gasteiger partial charge in [0.1, 0.15) is 5.75 Å². The number of nitrogens with one attached hydrogen (secondary N) is 1. The van der Waals surface area contributed by atoms with Crippen LogP contribution < -0.4 is 19.5 Å². The molecule has 0 aromatic heterocycles. The summed E-state index contributed by atoms with van der Waals surface area (Å²) in [5.74, 6) is 2.54. The molecule has 1 atom stereocenters. The van der Waals surface area contributed by atoms with E-state index in [0.717, 1.165) is 42.2 Å². The van der Waals surface area contributed by atoms with Gasteiger partial charge >= 0.3 is 0 Å². The molecule has 1 unspecified atom stereocenters. The van der Waals surface area contributed by atoms with Crippen molar-refractivity contribution in [1.29, 1.82) is 0 Å². The highest BCUT2D eigenvalue weighted by molar-refractivity contribution is 5.52. The Morgan fingerprint density at radius 3 is 2.75 bits per heavy atom. The van der Waals surface area contributed by atoms with Crippen LogP contribution in [0.5, 0.6) is 17.2 Å². The molecule has 1 aliphatic heterocycles. The maximum atomic E-state index is 6.09. The molecule has 1 N–H and O–H groups in total. The minimum atomic E-state index is 0.222. The van der Waals surface area contributed by atoms with Crippen LogP contribution in [0, 0.1) is 0 Å². The quantitative estimate of drug-likeness (QED) is 0.830. The van der Waals surface area contributed by atoms with E-state index in [-0.39, 0.29) is 6.10 Å². The van der Waals surface area contributed by atoms with Gasteiger partial charge in [-0.15, -0.1) is 0 Å². The molecule has 3 rings (SSSR count). The summed E-state index contributed by atoms with van der Waals surface area (Å²) in [7, 11) is 0. The lowest BCUT2D eigenvalue weighted by Gasteiger charge is -2.18. The van der Waals surface area contributed by atoms with Crippen LogP contribution in [0.25, 0.3) is 0 Å². The molecule has 0 saturated heterocycles. The predicted molar refractivity (Wildman–Crippen MR) is 77.4 cm³/mol. The molecule has 1 aromatic rings. The zero-order chi connectivity index (χ0) is 13.9. The van der Waals surface area contributed by atoms with Crippen molar-refractivity contribution in [2.45, 2.75) is 58.2 Å². The smallest absolute Gasteiger partial charge is 0.231 e. The van der Waals surface area contributed by atoms with Crippen LogP contribution in [-0.4, -0.2) is 18.9 Å². The number of fused-ring (bicyclic) bond motifs is 1. The number of hydrogen-bond donors (Lipinski definition) is 1. The molecule has 1 saturated carbocycles. The Morgan fingerprint density at radius 2 is 2.05 bits per heavy atom. The SMILES string of the molecule is CCCC(C)Oc1cc2c(cc1CNC1CC1)OCO2. The van der Waals surface area contributed by atoms with Crippen LogP contribution in [0.15, 0.2) is 12.1 Å². The number of ether oxygens (including phenoxy) is 3. The second kappa shape index (κ2) is 5.92. The second-order valence-electron chi connectivity index (χ2n) is 5.69. The summed E-state index contributed by atoms with van der Waals surface area (Å²) in [6.07, 6.45) is 4.98. The van der Waals surface area contributed by atoms with E-state index in [1.54, 1.807) is 0 Å².